The summed E-state index contributed by atoms with van der Waals surface area (Å²) in [5.41, 5.74) is 8.93. The van der Waals surface area contributed by atoms with Crippen molar-refractivity contribution in [1.82, 2.24) is 4.57 Å². The number of hydrogen-bond acceptors (Lipinski definition) is 3. The highest BCUT2D eigenvalue weighted by Gasteiger charge is 2.32. The first-order valence-electron chi connectivity index (χ1n) is 13.9. The molecule has 1 aromatic heterocycles. The summed E-state index contributed by atoms with van der Waals surface area (Å²) >= 11 is 0. The number of carbonyl (C=O) groups is 2. The first kappa shape index (κ1) is 25.2. The molecule has 0 atom stereocenters. The van der Waals surface area contributed by atoms with E-state index in [4.69, 9.17) is 4.74 Å². The number of hydrogen-bond donors (Lipinski definition) is 1. The summed E-state index contributed by atoms with van der Waals surface area (Å²) in [7, 11) is 1.45. The topological polar surface area (TPSA) is 68.5 Å². The van der Waals surface area contributed by atoms with E-state index in [9.17, 15) is 14.7 Å². The van der Waals surface area contributed by atoms with Gasteiger partial charge in [-0.25, -0.2) is 9.59 Å². The summed E-state index contributed by atoms with van der Waals surface area (Å²) in [6, 6.07) is 24.4. The smallest absolute Gasteiger partial charge is 0.335 e. The molecular weight excluding hydrogens is 486 g/mol. The summed E-state index contributed by atoms with van der Waals surface area (Å²) in [5.74, 6) is -0.813. The molecule has 0 bridgehead atoms. The maximum atomic E-state index is 12.8. The van der Waals surface area contributed by atoms with E-state index in [1.807, 2.05) is 30.3 Å². The molecule has 39 heavy (non-hydrogen) atoms. The Morgan fingerprint density at radius 2 is 1.62 bits per heavy atom. The molecule has 0 amide bonds. The molecule has 198 valence electrons. The van der Waals surface area contributed by atoms with E-state index in [0.717, 1.165) is 58.9 Å². The van der Waals surface area contributed by atoms with Crippen LogP contribution in [0.3, 0.4) is 0 Å². The van der Waals surface area contributed by atoms with Crippen LogP contribution in [0.5, 0.6) is 0 Å². The van der Waals surface area contributed by atoms with Crippen LogP contribution in [0.25, 0.3) is 27.6 Å². The van der Waals surface area contributed by atoms with Crippen molar-refractivity contribution >= 4 is 28.4 Å². The molecule has 0 spiro atoms. The highest BCUT2D eigenvalue weighted by molar-refractivity contribution is 6.06. The van der Waals surface area contributed by atoms with Gasteiger partial charge in [-0.2, -0.15) is 0 Å². The lowest BCUT2D eigenvalue weighted by Crippen LogP contribution is -2.10. The van der Waals surface area contributed by atoms with Crippen LogP contribution in [0.2, 0.25) is 0 Å². The van der Waals surface area contributed by atoms with Crippen molar-refractivity contribution in [1.29, 1.82) is 0 Å². The third-order valence-corrected chi connectivity index (χ3v) is 8.45. The number of aromatic carboxylic acids is 1. The number of methoxy groups -OCH3 is 1. The van der Waals surface area contributed by atoms with Gasteiger partial charge in [0.2, 0.25) is 0 Å². The van der Waals surface area contributed by atoms with E-state index in [-0.39, 0.29) is 11.5 Å². The van der Waals surface area contributed by atoms with Gasteiger partial charge in [0.1, 0.15) is 0 Å². The number of rotatable bonds is 7. The molecule has 3 aromatic carbocycles. The number of carboxylic acids is 1. The van der Waals surface area contributed by atoms with Gasteiger partial charge in [0, 0.05) is 28.8 Å². The molecule has 0 saturated heterocycles. The Morgan fingerprint density at radius 1 is 0.897 bits per heavy atom. The summed E-state index contributed by atoms with van der Waals surface area (Å²) < 4.78 is 7.52. The Morgan fingerprint density at radius 3 is 2.31 bits per heavy atom. The molecule has 5 nitrogen and oxygen atoms in total. The van der Waals surface area contributed by atoms with Gasteiger partial charge >= 0.3 is 11.9 Å². The zero-order valence-corrected chi connectivity index (χ0v) is 22.3. The Labute approximate surface area is 228 Å². The molecular formula is C34H33NO4. The lowest BCUT2D eigenvalue weighted by molar-refractivity contribution is -0.136. The number of esters is 1. The number of benzene rings is 3. The van der Waals surface area contributed by atoms with Crippen LogP contribution in [0.15, 0.2) is 78.4 Å². The number of ether oxygens (including phenoxy) is 1. The van der Waals surface area contributed by atoms with E-state index in [0.29, 0.717) is 18.9 Å². The van der Waals surface area contributed by atoms with Crippen LogP contribution in [0.1, 0.15) is 78.0 Å². The van der Waals surface area contributed by atoms with Gasteiger partial charge in [0.15, 0.2) is 0 Å². The lowest BCUT2D eigenvalue weighted by Gasteiger charge is -2.19. The maximum absolute atomic E-state index is 12.8. The molecule has 0 radical (unpaired) electrons. The molecule has 2 aliphatic rings. The minimum atomic E-state index is -0.934. The first-order chi connectivity index (χ1) is 19.0. The standard InChI is InChI=1S/C34H33NO4/c1-39-34(38)28-13-7-12-27(28)31-29-19-18-26(33(36)37)20-30(29)35(32(31)25-10-5-6-11-25)21-22-14-16-24(17-15-22)23-8-3-2-4-9-23/h2-4,8-9,14-20,25H,5-7,10-13,21H2,1H3,(H,36,37). The largest absolute Gasteiger partial charge is 0.478 e. The van der Waals surface area contributed by atoms with E-state index in [1.54, 1.807) is 6.07 Å². The monoisotopic (exact) mass is 519 g/mol. The fraction of sp³-hybridized carbons (Fsp3) is 0.294. The van der Waals surface area contributed by atoms with Crippen molar-refractivity contribution in [3.05, 3.63) is 101 Å². The van der Waals surface area contributed by atoms with Gasteiger partial charge in [0.25, 0.3) is 0 Å². The Kier molecular flexibility index (Phi) is 6.82. The Bertz CT molecular complexity index is 1570. The molecule has 0 unspecified atom stereocenters. The molecule has 1 fully saturated rings. The minimum absolute atomic E-state index is 0.251. The van der Waals surface area contributed by atoms with Gasteiger partial charge < -0.3 is 14.4 Å². The molecule has 5 heteroatoms. The van der Waals surface area contributed by atoms with E-state index in [1.165, 1.54) is 36.8 Å². The Hall–Kier alpha value is -4.12. The summed E-state index contributed by atoms with van der Waals surface area (Å²) in [5, 5.41) is 10.9. The van der Waals surface area contributed by atoms with Crippen molar-refractivity contribution in [2.75, 3.05) is 7.11 Å². The lowest BCUT2D eigenvalue weighted by atomic mass is 9.91. The third-order valence-electron chi connectivity index (χ3n) is 8.45. The SMILES string of the molecule is COC(=O)C1=C(c2c(C3CCCC3)n(Cc3ccc(-c4ccccc4)cc3)c3cc(C(=O)O)ccc23)CCC1. The highest BCUT2D eigenvalue weighted by atomic mass is 16.5. The molecule has 0 aliphatic heterocycles. The van der Waals surface area contributed by atoms with Gasteiger partial charge in [-0.1, -0.05) is 73.5 Å². The maximum Gasteiger partial charge on any atom is 0.335 e. The summed E-state index contributed by atoms with van der Waals surface area (Å²) in [6.07, 6.45) is 7.03. The van der Waals surface area contributed by atoms with Crippen LogP contribution in [-0.2, 0) is 16.1 Å². The van der Waals surface area contributed by atoms with Gasteiger partial charge in [0.05, 0.1) is 18.2 Å². The van der Waals surface area contributed by atoms with Crippen molar-refractivity contribution in [3.63, 3.8) is 0 Å². The minimum Gasteiger partial charge on any atom is -0.478 e. The average Bonchev–Trinajstić information content (AvgIpc) is 3.73. The quantitative estimate of drug-likeness (QED) is 0.253. The van der Waals surface area contributed by atoms with Gasteiger partial charge in [-0.3, -0.25) is 0 Å². The van der Waals surface area contributed by atoms with E-state index >= 15 is 0 Å². The molecule has 6 rings (SSSR count). The number of fused-ring (bicyclic) bond motifs is 1. The van der Waals surface area contributed by atoms with E-state index < -0.39 is 5.97 Å². The molecule has 4 aromatic rings. The molecule has 1 N–H and O–H groups in total. The van der Waals surface area contributed by atoms with Crippen molar-refractivity contribution in [2.45, 2.75) is 57.4 Å². The highest BCUT2D eigenvalue weighted by Crippen LogP contribution is 2.47. The van der Waals surface area contributed by atoms with Crippen LogP contribution in [-0.4, -0.2) is 28.7 Å². The fourth-order valence-corrected chi connectivity index (χ4v) is 6.60. The number of carbonyl (C=O) groups excluding carboxylic acids is 1. The van der Waals surface area contributed by atoms with Crippen molar-refractivity contribution in [2.24, 2.45) is 0 Å². The first-order valence-corrected chi connectivity index (χ1v) is 13.9. The predicted octanol–water partition coefficient (Wildman–Crippen LogP) is 7.82. The number of nitrogens with zero attached hydrogens (tertiary/aromatic N) is 1. The van der Waals surface area contributed by atoms with Crippen molar-refractivity contribution < 1.29 is 19.4 Å². The number of carboxylic acid groups (broad SMARTS) is 1. The second-order valence-electron chi connectivity index (χ2n) is 10.7. The zero-order valence-electron chi connectivity index (χ0n) is 22.3. The fourth-order valence-electron chi connectivity index (χ4n) is 6.60. The Balaban J connectivity index is 1.54. The molecule has 1 heterocycles. The van der Waals surface area contributed by atoms with E-state index in [2.05, 4.69) is 41.0 Å². The second kappa shape index (κ2) is 10.6. The normalized spacial score (nSPS) is 15.8. The molecule has 2 aliphatic carbocycles. The summed E-state index contributed by atoms with van der Waals surface area (Å²) in [6.45, 7) is 0.640. The summed E-state index contributed by atoms with van der Waals surface area (Å²) in [4.78, 5) is 24.8. The van der Waals surface area contributed by atoms with Crippen molar-refractivity contribution in [3.8, 4) is 11.1 Å². The third kappa shape index (κ3) is 4.67. The zero-order chi connectivity index (χ0) is 26.9. The van der Waals surface area contributed by atoms with Crippen LogP contribution >= 0.6 is 0 Å². The number of allylic oxidation sites excluding steroid dienone is 1. The van der Waals surface area contributed by atoms with Gasteiger partial charge in [-0.15, -0.1) is 0 Å². The van der Waals surface area contributed by atoms with Crippen LogP contribution < -0.4 is 0 Å². The van der Waals surface area contributed by atoms with Crippen LogP contribution in [0.4, 0.5) is 0 Å². The molecule has 1 saturated carbocycles. The average molecular weight is 520 g/mol. The van der Waals surface area contributed by atoms with Gasteiger partial charge in [-0.05, 0) is 72.4 Å². The number of aromatic nitrogens is 1. The van der Waals surface area contributed by atoms with Crippen LogP contribution in [0, 0.1) is 0 Å². The predicted molar refractivity (Wildman–Crippen MR) is 154 cm³/mol. The second-order valence-corrected chi connectivity index (χ2v) is 10.7.